The number of hydrogen-bond donors (Lipinski definition) is 1. The molecule has 2 unspecified atom stereocenters. The summed E-state index contributed by atoms with van der Waals surface area (Å²) in [7, 11) is 1.66. The van der Waals surface area contributed by atoms with Crippen molar-refractivity contribution in [1.82, 2.24) is 0 Å². The number of carbonyl (C=O) groups excluding carboxylic acids is 1. The highest BCUT2D eigenvalue weighted by atomic mass is 16.5. The molecule has 0 aromatic heterocycles. The Morgan fingerprint density at radius 3 is 2.71 bits per heavy atom. The minimum Gasteiger partial charge on any atom is -0.384 e. The van der Waals surface area contributed by atoms with Gasteiger partial charge in [0.25, 0.3) is 0 Å². The second-order valence-electron chi connectivity index (χ2n) is 8.23. The first kappa shape index (κ1) is 22.8. The normalized spacial score (nSPS) is 17.3. The van der Waals surface area contributed by atoms with Gasteiger partial charge in [0, 0.05) is 31.7 Å². The van der Waals surface area contributed by atoms with E-state index in [4.69, 9.17) is 14.7 Å². The third-order valence-electron chi connectivity index (χ3n) is 5.78. The van der Waals surface area contributed by atoms with Crippen LogP contribution < -0.4 is 10.2 Å². The molecule has 1 saturated heterocycles. The lowest BCUT2D eigenvalue weighted by Gasteiger charge is -2.40. The SMILES string of the molecule is COCC(CC=O)c1ccc(N2CCOCC2C(C)C)c(Nc2ccc(C#N)cc2)c1. The molecule has 1 fully saturated rings. The molecule has 0 saturated carbocycles. The number of ether oxygens (including phenoxy) is 2. The number of aldehydes is 1. The van der Waals surface area contributed by atoms with Crippen LogP contribution in [-0.2, 0) is 14.3 Å². The summed E-state index contributed by atoms with van der Waals surface area (Å²) in [5.74, 6) is 0.447. The molecule has 2 aromatic rings. The molecule has 0 aliphatic carbocycles. The Hall–Kier alpha value is -2.88. The van der Waals surface area contributed by atoms with Crippen LogP contribution in [0.5, 0.6) is 0 Å². The van der Waals surface area contributed by atoms with Crippen LogP contribution in [0, 0.1) is 17.2 Å². The van der Waals surface area contributed by atoms with Gasteiger partial charge in [0.1, 0.15) is 6.29 Å². The highest BCUT2D eigenvalue weighted by Crippen LogP contribution is 2.36. The summed E-state index contributed by atoms with van der Waals surface area (Å²) in [6.07, 6.45) is 1.36. The van der Waals surface area contributed by atoms with Crippen LogP contribution in [0.2, 0.25) is 0 Å². The fraction of sp³-hybridized carbons (Fsp3) is 0.440. The van der Waals surface area contributed by atoms with Crippen molar-refractivity contribution in [1.29, 1.82) is 5.26 Å². The van der Waals surface area contributed by atoms with E-state index in [0.29, 0.717) is 37.7 Å². The molecule has 3 rings (SSSR count). The Labute approximate surface area is 184 Å². The standard InChI is InChI=1S/C25H31N3O3/c1-18(2)25-17-31-13-11-28(25)24-9-6-20(21(10-12-29)16-30-3)14-23(24)27-22-7-4-19(15-26)5-8-22/h4-9,12,14,18,21,25,27H,10-11,13,16-17H2,1-3H3. The topological polar surface area (TPSA) is 74.6 Å². The Kier molecular flexibility index (Phi) is 8.05. The Morgan fingerprint density at radius 2 is 2.06 bits per heavy atom. The smallest absolute Gasteiger partial charge is 0.120 e. The van der Waals surface area contributed by atoms with Crippen molar-refractivity contribution in [3.63, 3.8) is 0 Å². The van der Waals surface area contributed by atoms with Crippen LogP contribution in [0.1, 0.15) is 37.3 Å². The molecule has 1 heterocycles. The van der Waals surface area contributed by atoms with Gasteiger partial charge in [0.05, 0.1) is 48.9 Å². The molecule has 2 aromatic carbocycles. The summed E-state index contributed by atoms with van der Waals surface area (Å²) < 4.78 is 11.1. The average molecular weight is 422 g/mol. The fourth-order valence-electron chi connectivity index (χ4n) is 4.03. The predicted molar refractivity (Wildman–Crippen MR) is 123 cm³/mol. The molecule has 0 bridgehead atoms. The highest BCUT2D eigenvalue weighted by molar-refractivity contribution is 5.77. The van der Waals surface area contributed by atoms with Crippen molar-refractivity contribution in [2.24, 2.45) is 5.92 Å². The van der Waals surface area contributed by atoms with E-state index in [1.165, 1.54) is 0 Å². The maximum atomic E-state index is 11.2. The van der Waals surface area contributed by atoms with Gasteiger partial charge in [-0.25, -0.2) is 0 Å². The van der Waals surface area contributed by atoms with E-state index in [0.717, 1.165) is 35.5 Å². The number of methoxy groups -OCH3 is 1. The van der Waals surface area contributed by atoms with E-state index < -0.39 is 0 Å². The maximum absolute atomic E-state index is 11.2. The van der Waals surface area contributed by atoms with Gasteiger partial charge < -0.3 is 24.5 Å². The molecule has 2 atom stereocenters. The van der Waals surface area contributed by atoms with Crippen molar-refractivity contribution in [3.05, 3.63) is 53.6 Å². The number of nitrogens with zero attached hydrogens (tertiary/aromatic N) is 2. The van der Waals surface area contributed by atoms with Crippen molar-refractivity contribution in [3.8, 4) is 6.07 Å². The van der Waals surface area contributed by atoms with E-state index in [2.05, 4.69) is 48.3 Å². The number of hydrogen-bond acceptors (Lipinski definition) is 6. The molecule has 6 nitrogen and oxygen atoms in total. The zero-order valence-corrected chi connectivity index (χ0v) is 18.5. The largest absolute Gasteiger partial charge is 0.384 e. The summed E-state index contributed by atoms with van der Waals surface area (Å²) in [4.78, 5) is 13.6. The first-order valence-electron chi connectivity index (χ1n) is 10.8. The van der Waals surface area contributed by atoms with Gasteiger partial charge in [-0.1, -0.05) is 19.9 Å². The number of nitrogens with one attached hydrogen (secondary N) is 1. The first-order valence-corrected chi connectivity index (χ1v) is 10.8. The van der Waals surface area contributed by atoms with Gasteiger partial charge in [-0.15, -0.1) is 0 Å². The molecule has 1 N–H and O–H groups in total. The quantitative estimate of drug-likeness (QED) is 0.602. The van der Waals surface area contributed by atoms with Gasteiger partial charge in [0.15, 0.2) is 0 Å². The lowest BCUT2D eigenvalue weighted by atomic mass is 9.95. The molecular weight excluding hydrogens is 390 g/mol. The molecule has 1 aliphatic rings. The molecule has 164 valence electrons. The van der Waals surface area contributed by atoms with Gasteiger partial charge in [-0.2, -0.15) is 5.26 Å². The van der Waals surface area contributed by atoms with Crippen LogP contribution in [0.4, 0.5) is 17.1 Å². The van der Waals surface area contributed by atoms with Crippen LogP contribution in [-0.4, -0.2) is 45.8 Å². The van der Waals surface area contributed by atoms with Crippen molar-refractivity contribution < 1.29 is 14.3 Å². The minimum absolute atomic E-state index is 0.00338. The third kappa shape index (κ3) is 5.63. The molecule has 0 amide bonds. The van der Waals surface area contributed by atoms with Crippen LogP contribution in [0.15, 0.2) is 42.5 Å². The molecule has 1 aliphatic heterocycles. The molecule has 0 spiro atoms. The fourth-order valence-corrected chi connectivity index (χ4v) is 4.03. The van der Waals surface area contributed by atoms with Gasteiger partial charge in [-0.05, 0) is 47.9 Å². The molecule has 0 radical (unpaired) electrons. The van der Waals surface area contributed by atoms with E-state index in [-0.39, 0.29) is 12.0 Å². The lowest BCUT2D eigenvalue weighted by Crippen LogP contribution is -2.48. The predicted octanol–water partition coefficient (Wildman–Crippen LogP) is 4.48. The number of benzene rings is 2. The average Bonchev–Trinajstić information content (AvgIpc) is 2.79. The van der Waals surface area contributed by atoms with E-state index >= 15 is 0 Å². The number of anilines is 3. The monoisotopic (exact) mass is 421 g/mol. The van der Waals surface area contributed by atoms with Crippen LogP contribution >= 0.6 is 0 Å². The summed E-state index contributed by atoms with van der Waals surface area (Å²) in [5.41, 5.74) is 4.67. The number of rotatable bonds is 9. The van der Waals surface area contributed by atoms with Crippen LogP contribution in [0.3, 0.4) is 0 Å². The number of nitriles is 1. The second-order valence-corrected chi connectivity index (χ2v) is 8.23. The van der Waals surface area contributed by atoms with Crippen molar-refractivity contribution >= 4 is 23.3 Å². The van der Waals surface area contributed by atoms with Gasteiger partial charge >= 0.3 is 0 Å². The minimum atomic E-state index is 0.00338. The summed E-state index contributed by atoms with van der Waals surface area (Å²) >= 11 is 0. The van der Waals surface area contributed by atoms with Crippen molar-refractivity contribution in [2.45, 2.75) is 32.2 Å². The summed E-state index contributed by atoms with van der Waals surface area (Å²) in [5, 5.41) is 12.6. The van der Waals surface area contributed by atoms with Gasteiger partial charge in [-0.3, -0.25) is 0 Å². The molecular formula is C25H31N3O3. The number of carbonyl (C=O) groups is 1. The number of morpholine rings is 1. The zero-order chi connectivity index (χ0) is 22.2. The highest BCUT2D eigenvalue weighted by Gasteiger charge is 2.28. The van der Waals surface area contributed by atoms with E-state index in [9.17, 15) is 4.79 Å². The lowest BCUT2D eigenvalue weighted by molar-refractivity contribution is -0.108. The Bertz CT molecular complexity index is 905. The van der Waals surface area contributed by atoms with Crippen LogP contribution in [0.25, 0.3) is 0 Å². The van der Waals surface area contributed by atoms with E-state index in [1.807, 2.05) is 12.1 Å². The van der Waals surface area contributed by atoms with Crippen molar-refractivity contribution in [2.75, 3.05) is 43.7 Å². The maximum Gasteiger partial charge on any atom is 0.120 e. The Balaban J connectivity index is 2.01. The summed E-state index contributed by atoms with van der Waals surface area (Å²) in [6, 6.07) is 16.2. The van der Waals surface area contributed by atoms with Gasteiger partial charge in [0.2, 0.25) is 0 Å². The Morgan fingerprint density at radius 1 is 1.29 bits per heavy atom. The third-order valence-corrected chi connectivity index (χ3v) is 5.78. The molecule has 31 heavy (non-hydrogen) atoms. The second kappa shape index (κ2) is 10.9. The summed E-state index contributed by atoms with van der Waals surface area (Å²) in [6.45, 7) is 7.13. The first-order chi connectivity index (χ1) is 15.1. The zero-order valence-electron chi connectivity index (χ0n) is 18.5. The molecule has 6 heteroatoms. The van der Waals surface area contributed by atoms with E-state index in [1.54, 1.807) is 19.2 Å².